The molecule has 1 radical (unpaired) electrons. The number of nitrogens with zero attached hydrogens (tertiary/aromatic N) is 2. The molecule has 0 aromatic rings. The minimum atomic E-state index is 0.457. The molecule has 0 bridgehead atoms. The molecule has 61 valence electrons. The molecule has 3 nitrogen and oxygen atoms in total. The number of azo groups is 1. The van der Waals surface area contributed by atoms with Crippen LogP contribution in [0, 0.1) is 5.75 Å². The van der Waals surface area contributed by atoms with E-state index >= 15 is 0 Å². The summed E-state index contributed by atoms with van der Waals surface area (Å²) in [6.45, 7) is 0.457. The Hall–Kier alpha value is -0.870. The Kier molecular flexibility index (Phi) is 2.10. The summed E-state index contributed by atoms with van der Waals surface area (Å²) in [4.78, 5) is 1.14. The maximum Gasteiger partial charge on any atom is 0.101 e. The topological polar surface area (TPSA) is 50.7 Å². The van der Waals surface area contributed by atoms with E-state index in [1.807, 2.05) is 24.0 Å². The van der Waals surface area contributed by atoms with Crippen LogP contribution in [0.5, 0.6) is 0 Å². The molecule has 0 spiro atoms. The second-order valence-electron chi connectivity index (χ2n) is 2.40. The number of hydrogen-bond donors (Lipinski definition) is 1. The largest absolute Gasteiger partial charge is 0.325 e. The first kappa shape index (κ1) is 7.76. The van der Waals surface area contributed by atoms with Crippen molar-refractivity contribution < 1.29 is 0 Å². The fraction of sp³-hybridized carbons (Fsp3) is 0.125. The molecule has 0 aliphatic carbocycles. The minimum Gasteiger partial charge on any atom is -0.325 e. The molecule has 2 aliphatic rings. The normalized spacial score (nSPS) is 26.9. The van der Waals surface area contributed by atoms with Crippen LogP contribution in [0.25, 0.3) is 0 Å². The van der Waals surface area contributed by atoms with E-state index in [1.54, 1.807) is 11.8 Å². The van der Waals surface area contributed by atoms with Crippen molar-refractivity contribution in [2.45, 2.75) is 0 Å². The van der Waals surface area contributed by atoms with Gasteiger partial charge in [-0.05, 0) is 12.2 Å². The molecule has 0 saturated heterocycles. The average molecular weight is 178 g/mol. The molecular weight excluding hydrogens is 170 g/mol. The third kappa shape index (κ3) is 1.35. The first-order valence-corrected chi connectivity index (χ1v) is 4.51. The van der Waals surface area contributed by atoms with Crippen molar-refractivity contribution in [3.05, 3.63) is 40.3 Å². The van der Waals surface area contributed by atoms with Crippen molar-refractivity contribution >= 4 is 11.8 Å². The smallest absolute Gasteiger partial charge is 0.101 e. The molecule has 4 heteroatoms. The van der Waals surface area contributed by atoms with Crippen LogP contribution in [0.1, 0.15) is 0 Å². The zero-order chi connectivity index (χ0) is 8.39. The lowest BCUT2D eigenvalue weighted by Gasteiger charge is -1.91. The van der Waals surface area contributed by atoms with Gasteiger partial charge in [-0.25, -0.2) is 0 Å². The van der Waals surface area contributed by atoms with E-state index in [4.69, 9.17) is 5.73 Å². The van der Waals surface area contributed by atoms with Gasteiger partial charge in [-0.2, -0.15) is 5.11 Å². The highest BCUT2D eigenvalue weighted by Gasteiger charge is 2.11. The third-order valence-corrected chi connectivity index (χ3v) is 2.46. The first-order valence-electron chi connectivity index (χ1n) is 3.63. The highest BCUT2D eigenvalue weighted by atomic mass is 32.2. The summed E-state index contributed by atoms with van der Waals surface area (Å²) in [5, 5.41) is 7.93. The summed E-state index contributed by atoms with van der Waals surface area (Å²) >= 11 is 1.66. The Balaban J connectivity index is 2.28. The summed E-state index contributed by atoms with van der Waals surface area (Å²) in [7, 11) is 0. The Labute approximate surface area is 75.1 Å². The van der Waals surface area contributed by atoms with Gasteiger partial charge in [0.2, 0.25) is 0 Å². The van der Waals surface area contributed by atoms with Crippen molar-refractivity contribution in [3.8, 4) is 0 Å². The average Bonchev–Trinajstić information content (AvgIpc) is 2.75. The van der Waals surface area contributed by atoms with Crippen LogP contribution in [0.2, 0.25) is 0 Å². The van der Waals surface area contributed by atoms with Gasteiger partial charge in [-0.1, -0.05) is 6.08 Å². The first-order chi connectivity index (χ1) is 5.90. The molecule has 2 aliphatic heterocycles. The van der Waals surface area contributed by atoms with Crippen LogP contribution >= 0.6 is 11.8 Å². The van der Waals surface area contributed by atoms with Crippen LogP contribution in [0.3, 0.4) is 0 Å². The summed E-state index contributed by atoms with van der Waals surface area (Å²) in [5.41, 5.74) is 7.18. The van der Waals surface area contributed by atoms with Gasteiger partial charge in [-0.15, -0.1) is 16.9 Å². The van der Waals surface area contributed by atoms with Crippen LogP contribution in [-0.2, 0) is 0 Å². The van der Waals surface area contributed by atoms with E-state index in [0.717, 1.165) is 16.3 Å². The van der Waals surface area contributed by atoms with Gasteiger partial charge >= 0.3 is 0 Å². The molecule has 0 aromatic heterocycles. The standard InChI is InChI=1S/C8H8N3S/c9-5-6-4-7(11-10-6)8-2-1-3-12-8/h1-4H,5,9H2. The molecular formula is C8H8N3S. The predicted molar refractivity (Wildman–Crippen MR) is 50.1 cm³/mol. The molecule has 0 unspecified atom stereocenters. The van der Waals surface area contributed by atoms with Crippen molar-refractivity contribution in [2.24, 2.45) is 16.0 Å². The minimum absolute atomic E-state index is 0.457. The zero-order valence-electron chi connectivity index (χ0n) is 6.40. The Bertz CT molecular complexity index is 312. The highest BCUT2D eigenvalue weighted by molar-refractivity contribution is 8.05. The van der Waals surface area contributed by atoms with Crippen molar-refractivity contribution in [3.63, 3.8) is 0 Å². The molecule has 2 heterocycles. The number of hydrogen-bond acceptors (Lipinski definition) is 4. The van der Waals surface area contributed by atoms with Crippen molar-refractivity contribution in [1.82, 2.24) is 0 Å². The van der Waals surface area contributed by atoms with E-state index < -0.39 is 0 Å². The quantitative estimate of drug-likeness (QED) is 0.667. The summed E-state index contributed by atoms with van der Waals surface area (Å²) in [6.07, 6.45) is 5.94. The van der Waals surface area contributed by atoms with E-state index in [2.05, 4.69) is 10.2 Å². The van der Waals surface area contributed by atoms with Crippen LogP contribution < -0.4 is 5.73 Å². The maximum absolute atomic E-state index is 5.42. The lowest BCUT2D eigenvalue weighted by atomic mass is 10.3. The Morgan fingerprint density at radius 3 is 2.92 bits per heavy atom. The second kappa shape index (κ2) is 3.25. The fourth-order valence-corrected chi connectivity index (χ4v) is 1.66. The van der Waals surface area contributed by atoms with Gasteiger partial charge < -0.3 is 5.73 Å². The summed E-state index contributed by atoms with van der Waals surface area (Å²) in [5.74, 6) is 2.02. The zero-order valence-corrected chi connectivity index (χ0v) is 7.21. The van der Waals surface area contributed by atoms with Gasteiger partial charge in [0, 0.05) is 17.2 Å². The number of nitrogens with two attached hydrogens (primary N) is 1. The number of thioether (sulfide) groups is 1. The Morgan fingerprint density at radius 1 is 1.42 bits per heavy atom. The van der Waals surface area contributed by atoms with E-state index in [1.165, 1.54) is 0 Å². The SMILES string of the molecule is NCC1=CC(=C2C=C[CH]S2)N=N1. The molecule has 0 saturated carbocycles. The van der Waals surface area contributed by atoms with E-state index in [-0.39, 0.29) is 0 Å². The van der Waals surface area contributed by atoms with Crippen LogP contribution in [-0.4, -0.2) is 6.54 Å². The highest BCUT2D eigenvalue weighted by Crippen LogP contribution is 2.33. The predicted octanol–water partition coefficient (Wildman–Crippen LogP) is 1.97. The number of allylic oxidation sites excluding steroid dienone is 2. The fourth-order valence-electron chi connectivity index (χ4n) is 0.978. The van der Waals surface area contributed by atoms with Crippen molar-refractivity contribution in [1.29, 1.82) is 0 Å². The number of rotatable bonds is 1. The van der Waals surface area contributed by atoms with Crippen molar-refractivity contribution in [2.75, 3.05) is 6.54 Å². The second-order valence-corrected chi connectivity index (χ2v) is 3.35. The molecule has 0 amide bonds. The third-order valence-electron chi connectivity index (χ3n) is 1.57. The molecule has 0 atom stereocenters. The van der Waals surface area contributed by atoms with Gasteiger partial charge in [0.1, 0.15) is 5.70 Å². The molecule has 0 fully saturated rings. The van der Waals surface area contributed by atoms with Crippen LogP contribution in [0.4, 0.5) is 0 Å². The van der Waals surface area contributed by atoms with Gasteiger partial charge in [-0.3, -0.25) is 0 Å². The van der Waals surface area contributed by atoms with Gasteiger partial charge in [0.05, 0.1) is 5.70 Å². The molecule has 2 N–H and O–H groups in total. The van der Waals surface area contributed by atoms with E-state index in [9.17, 15) is 0 Å². The molecule has 2 rings (SSSR count). The van der Waals surface area contributed by atoms with Gasteiger partial charge in [0.15, 0.2) is 0 Å². The Morgan fingerprint density at radius 2 is 2.33 bits per heavy atom. The summed E-state index contributed by atoms with van der Waals surface area (Å²) in [6, 6.07) is 0. The molecule has 0 aromatic carbocycles. The maximum atomic E-state index is 5.42. The van der Waals surface area contributed by atoms with Crippen LogP contribution in [0.15, 0.2) is 44.8 Å². The lowest BCUT2D eigenvalue weighted by molar-refractivity contribution is 1.07. The molecule has 12 heavy (non-hydrogen) atoms. The monoisotopic (exact) mass is 178 g/mol. The van der Waals surface area contributed by atoms with E-state index in [0.29, 0.717) is 6.54 Å². The van der Waals surface area contributed by atoms with Gasteiger partial charge in [0.25, 0.3) is 0 Å². The lowest BCUT2D eigenvalue weighted by Crippen LogP contribution is -1.98. The summed E-state index contributed by atoms with van der Waals surface area (Å²) < 4.78 is 0.